The molecule has 0 aliphatic heterocycles. The van der Waals surface area contributed by atoms with Gasteiger partial charge in [-0.2, -0.15) is 0 Å². The average Bonchev–Trinajstić information content (AvgIpc) is 3.21. The van der Waals surface area contributed by atoms with E-state index in [1.165, 1.54) is 12.8 Å². The number of hydrogen-bond donors (Lipinski definition) is 2. The maximum absolute atomic E-state index is 11.7. The van der Waals surface area contributed by atoms with E-state index in [-0.39, 0.29) is 5.91 Å². The summed E-state index contributed by atoms with van der Waals surface area (Å²) in [6.07, 6.45) is 3.57. The van der Waals surface area contributed by atoms with Crippen molar-refractivity contribution in [2.24, 2.45) is 5.92 Å². The number of hydrogen-bond acceptors (Lipinski definition) is 3. The van der Waals surface area contributed by atoms with Crippen molar-refractivity contribution in [2.75, 3.05) is 31.6 Å². The Morgan fingerprint density at radius 2 is 2.25 bits per heavy atom. The van der Waals surface area contributed by atoms with Crippen LogP contribution >= 0.6 is 11.6 Å². The van der Waals surface area contributed by atoms with E-state index in [2.05, 4.69) is 10.6 Å². The molecular formula is C15H21ClN2O2. The number of ether oxygens (including phenoxy) is 1. The maximum atomic E-state index is 11.7. The van der Waals surface area contributed by atoms with Crippen LogP contribution in [0.1, 0.15) is 19.3 Å². The predicted octanol–water partition coefficient (Wildman–Crippen LogP) is 2.68. The Bertz CT molecular complexity index is 436. The summed E-state index contributed by atoms with van der Waals surface area (Å²) in [6.45, 7) is 2.75. The van der Waals surface area contributed by atoms with E-state index >= 15 is 0 Å². The summed E-state index contributed by atoms with van der Waals surface area (Å²) >= 11 is 5.85. The SMILES string of the molecule is O=C(CNCCCOCC1CC1)Nc1cccc(Cl)c1. The lowest BCUT2D eigenvalue weighted by Gasteiger charge is -2.07. The maximum Gasteiger partial charge on any atom is 0.238 e. The topological polar surface area (TPSA) is 50.4 Å². The Balaban J connectivity index is 1.49. The molecule has 2 rings (SSSR count). The van der Waals surface area contributed by atoms with E-state index < -0.39 is 0 Å². The number of nitrogens with one attached hydrogen (secondary N) is 2. The fourth-order valence-electron chi connectivity index (χ4n) is 1.81. The summed E-state index contributed by atoms with van der Waals surface area (Å²) < 4.78 is 5.52. The standard InChI is InChI=1S/C15H21ClN2O2/c16-13-3-1-4-14(9-13)18-15(19)10-17-7-2-8-20-11-12-5-6-12/h1,3-4,9,12,17H,2,5-8,10-11H2,(H,18,19). The third-order valence-electron chi connectivity index (χ3n) is 3.09. The molecule has 1 aromatic rings. The van der Waals surface area contributed by atoms with Crippen molar-refractivity contribution in [3.63, 3.8) is 0 Å². The molecule has 1 aliphatic rings. The Hall–Kier alpha value is -1.10. The zero-order valence-corrected chi connectivity index (χ0v) is 12.3. The van der Waals surface area contributed by atoms with Crippen molar-refractivity contribution < 1.29 is 9.53 Å². The van der Waals surface area contributed by atoms with Gasteiger partial charge in [0, 0.05) is 23.9 Å². The molecule has 4 nitrogen and oxygen atoms in total. The zero-order valence-electron chi connectivity index (χ0n) is 11.5. The third kappa shape index (κ3) is 6.37. The lowest BCUT2D eigenvalue weighted by molar-refractivity contribution is -0.115. The fraction of sp³-hybridized carbons (Fsp3) is 0.533. The second-order valence-electron chi connectivity index (χ2n) is 5.11. The van der Waals surface area contributed by atoms with Crippen LogP contribution in [0.2, 0.25) is 5.02 Å². The fourth-order valence-corrected chi connectivity index (χ4v) is 2.00. The number of carbonyl (C=O) groups excluding carboxylic acids is 1. The van der Waals surface area contributed by atoms with Crippen molar-refractivity contribution in [2.45, 2.75) is 19.3 Å². The molecule has 1 amide bonds. The molecule has 1 saturated carbocycles. The number of rotatable bonds is 9. The Kier molecular flexibility index (Phi) is 6.30. The lowest BCUT2D eigenvalue weighted by Crippen LogP contribution is -2.29. The molecule has 0 heterocycles. The number of halogens is 1. The predicted molar refractivity (Wildman–Crippen MR) is 81.1 cm³/mol. The van der Waals surface area contributed by atoms with Crippen molar-refractivity contribution in [1.29, 1.82) is 0 Å². The van der Waals surface area contributed by atoms with Crippen molar-refractivity contribution in [3.05, 3.63) is 29.3 Å². The first-order valence-corrected chi connectivity index (χ1v) is 7.46. The zero-order chi connectivity index (χ0) is 14.2. The highest BCUT2D eigenvalue weighted by molar-refractivity contribution is 6.30. The monoisotopic (exact) mass is 296 g/mol. The summed E-state index contributed by atoms with van der Waals surface area (Å²) in [5.74, 6) is 0.748. The molecular weight excluding hydrogens is 276 g/mol. The van der Waals surface area contributed by atoms with Gasteiger partial charge in [0.1, 0.15) is 0 Å². The largest absolute Gasteiger partial charge is 0.381 e. The van der Waals surface area contributed by atoms with E-state index in [9.17, 15) is 4.79 Å². The van der Waals surface area contributed by atoms with Gasteiger partial charge in [0.15, 0.2) is 0 Å². The van der Waals surface area contributed by atoms with Crippen molar-refractivity contribution >= 4 is 23.2 Å². The average molecular weight is 297 g/mol. The highest BCUT2D eigenvalue weighted by atomic mass is 35.5. The molecule has 0 aromatic heterocycles. The minimum atomic E-state index is -0.0637. The van der Waals surface area contributed by atoms with Gasteiger partial charge in [0.05, 0.1) is 6.54 Å². The number of carbonyl (C=O) groups is 1. The van der Waals surface area contributed by atoms with Crippen LogP contribution in [-0.4, -0.2) is 32.2 Å². The Morgan fingerprint density at radius 1 is 1.40 bits per heavy atom. The molecule has 0 atom stereocenters. The second-order valence-corrected chi connectivity index (χ2v) is 5.54. The van der Waals surface area contributed by atoms with Gasteiger partial charge in [-0.05, 0) is 49.9 Å². The van der Waals surface area contributed by atoms with Gasteiger partial charge in [0.25, 0.3) is 0 Å². The molecule has 1 aliphatic carbocycles. The van der Waals surface area contributed by atoms with Gasteiger partial charge in [-0.25, -0.2) is 0 Å². The number of anilines is 1. The van der Waals surface area contributed by atoms with Crippen LogP contribution in [0.25, 0.3) is 0 Å². The van der Waals surface area contributed by atoms with Crippen molar-refractivity contribution in [1.82, 2.24) is 5.32 Å². The molecule has 0 radical (unpaired) electrons. The molecule has 0 saturated heterocycles. The summed E-state index contributed by atoms with van der Waals surface area (Å²) in [6, 6.07) is 7.13. The van der Waals surface area contributed by atoms with Gasteiger partial charge in [-0.1, -0.05) is 17.7 Å². The molecule has 0 bridgehead atoms. The van der Waals surface area contributed by atoms with Gasteiger partial charge in [-0.15, -0.1) is 0 Å². The lowest BCUT2D eigenvalue weighted by atomic mass is 10.3. The first-order chi connectivity index (χ1) is 9.74. The molecule has 0 spiro atoms. The van der Waals surface area contributed by atoms with Crippen LogP contribution in [-0.2, 0) is 9.53 Å². The quantitative estimate of drug-likeness (QED) is 0.689. The molecule has 20 heavy (non-hydrogen) atoms. The second kappa shape index (κ2) is 8.25. The third-order valence-corrected chi connectivity index (χ3v) is 3.32. The number of amides is 1. The Morgan fingerprint density at radius 3 is 3.00 bits per heavy atom. The highest BCUT2D eigenvalue weighted by Crippen LogP contribution is 2.28. The minimum Gasteiger partial charge on any atom is -0.381 e. The smallest absolute Gasteiger partial charge is 0.238 e. The van der Waals surface area contributed by atoms with Gasteiger partial charge in [0.2, 0.25) is 5.91 Å². The van der Waals surface area contributed by atoms with Crippen molar-refractivity contribution in [3.8, 4) is 0 Å². The van der Waals surface area contributed by atoms with Crippen LogP contribution in [0, 0.1) is 5.92 Å². The van der Waals surface area contributed by atoms with Crippen LogP contribution in [0.15, 0.2) is 24.3 Å². The molecule has 110 valence electrons. The minimum absolute atomic E-state index is 0.0637. The van der Waals surface area contributed by atoms with Crippen LogP contribution in [0.5, 0.6) is 0 Å². The van der Waals surface area contributed by atoms with Gasteiger partial charge < -0.3 is 15.4 Å². The van der Waals surface area contributed by atoms with E-state index in [4.69, 9.17) is 16.3 Å². The summed E-state index contributed by atoms with van der Waals surface area (Å²) in [5, 5.41) is 6.50. The highest BCUT2D eigenvalue weighted by Gasteiger charge is 2.20. The normalized spacial score (nSPS) is 14.2. The first-order valence-electron chi connectivity index (χ1n) is 7.08. The van der Waals surface area contributed by atoms with E-state index in [0.29, 0.717) is 11.6 Å². The first kappa shape index (κ1) is 15.3. The molecule has 0 unspecified atom stereocenters. The van der Waals surface area contributed by atoms with E-state index in [1.807, 2.05) is 12.1 Å². The van der Waals surface area contributed by atoms with Crippen LogP contribution < -0.4 is 10.6 Å². The molecule has 1 fully saturated rings. The summed E-state index contributed by atoms with van der Waals surface area (Å²) in [7, 11) is 0. The number of benzene rings is 1. The summed E-state index contributed by atoms with van der Waals surface area (Å²) in [5.41, 5.74) is 0.720. The van der Waals surface area contributed by atoms with Gasteiger partial charge in [-0.3, -0.25) is 4.79 Å². The van der Waals surface area contributed by atoms with Gasteiger partial charge >= 0.3 is 0 Å². The molecule has 1 aromatic carbocycles. The van der Waals surface area contributed by atoms with E-state index in [1.54, 1.807) is 12.1 Å². The van der Waals surface area contributed by atoms with E-state index in [0.717, 1.165) is 37.8 Å². The summed E-state index contributed by atoms with van der Waals surface area (Å²) in [4.78, 5) is 11.7. The molecule has 2 N–H and O–H groups in total. The Labute approximate surface area is 124 Å². The molecule has 5 heteroatoms. The van der Waals surface area contributed by atoms with Crippen LogP contribution in [0.3, 0.4) is 0 Å². The van der Waals surface area contributed by atoms with Crippen LogP contribution in [0.4, 0.5) is 5.69 Å².